The Hall–Kier alpha value is -0.820. The Labute approximate surface area is 113 Å². The van der Waals surface area contributed by atoms with Gasteiger partial charge < -0.3 is 0 Å². The van der Waals surface area contributed by atoms with Gasteiger partial charge in [0.15, 0.2) is 0 Å². The molecule has 2 rings (SSSR count). The fourth-order valence-electron chi connectivity index (χ4n) is 2.39. The number of benzene rings is 1. The van der Waals surface area contributed by atoms with Crippen LogP contribution in [-0.2, 0) is 6.42 Å². The van der Waals surface area contributed by atoms with E-state index in [9.17, 15) is 0 Å². The Kier molecular flexibility index (Phi) is 4.22. The molecule has 0 saturated heterocycles. The first kappa shape index (κ1) is 12.6. The van der Waals surface area contributed by atoms with Crippen LogP contribution in [0.4, 0.5) is 0 Å². The molecule has 1 aliphatic carbocycles. The Balaban J connectivity index is 2.15. The molecule has 0 N–H and O–H groups in total. The molecule has 0 bridgehead atoms. The van der Waals surface area contributed by atoms with Crippen molar-refractivity contribution in [1.29, 1.82) is 0 Å². The van der Waals surface area contributed by atoms with Gasteiger partial charge in [0.05, 0.1) is 0 Å². The van der Waals surface area contributed by atoms with Crippen molar-refractivity contribution in [3.05, 3.63) is 58.1 Å². The minimum absolute atomic E-state index is 0.520. The predicted molar refractivity (Wildman–Crippen MR) is 78.5 cm³/mol. The van der Waals surface area contributed by atoms with Crippen LogP contribution in [0, 0.1) is 5.92 Å². The van der Waals surface area contributed by atoms with Crippen molar-refractivity contribution in [3.63, 3.8) is 0 Å². The van der Waals surface area contributed by atoms with E-state index in [0.717, 1.165) is 0 Å². The van der Waals surface area contributed by atoms with Gasteiger partial charge in [-0.05, 0) is 23.5 Å². The smallest absolute Gasteiger partial charge is 0.0135 e. The summed E-state index contributed by atoms with van der Waals surface area (Å²) in [6, 6.07) is 9.10. The normalized spacial score (nSPS) is 23.6. The average Bonchev–Trinajstić information content (AvgIpc) is 2.31. The molecule has 0 saturated carbocycles. The Morgan fingerprint density at radius 1 is 1.18 bits per heavy atom. The van der Waals surface area contributed by atoms with E-state index in [1.807, 2.05) is 0 Å². The standard InChI is InChI=1S/C16H19Br/c1-3-4-13-5-7-14(8-6-13)16-10-9-15(17)11-12(16)2/h5-12,16H,3-4H2,1-2H3. The summed E-state index contributed by atoms with van der Waals surface area (Å²) in [5, 5.41) is 0. The highest BCUT2D eigenvalue weighted by molar-refractivity contribution is 9.11. The van der Waals surface area contributed by atoms with Crippen molar-refractivity contribution < 1.29 is 0 Å². The highest BCUT2D eigenvalue weighted by Gasteiger charge is 2.17. The maximum Gasteiger partial charge on any atom is 0.0135 e. The first-order chi connectivity index (χ1) is 8.20. The molecule has 17 heavy (non-hydrogen) atoms. The van der Waals surface area contributed by atoms with Gasteiger partial charge in [-0.15, -0.1) is 0 Å². The summed E-state index contributed by atoms with van der Waals surface area (Å²) in [6.07, 6.45) is 9.13. The summed E-state index contributed by atoms with van der Waals surface area (Å²) < 4.78 is 1.20. The van der Waals surface area contributed by atoms with Crippen molar-refractivity contribution in [2.24, 2.45) is 5.92 Å². The van der Waals surface area contributed by atoms with E-state index >= 15 is 0 Å². The predicted octanol–water partition coefficient (Wildman–Crippen LogP) is 5.21. The summed E-state index contributed by atoms with van der Waals surface area (Å²) in [4.78, 5) is 0. The Morgan fingerprint density at radius 2 is 1.88 bits per heavy atom. The highest BCUT2D eigenvalue weighted by Crippen LogP contribution is 2.33. The van der Waals surface area contributed by atoms with E-state index in [-0.39, 0.29) is 0 Å². The molecule has 2 atom stereocenters. The molecule has 2 unspecified atom stereocenters. The van der Waals surface area contributed by atoms with Gasteiger partial charge in [0, 0.05) is 10.4 Å². The number of hydrogen-bond acceptors (Lipinski definition) is 0. The zero-order valence-corrected chi connectivity index (χ0v) is 12.1. The molecule has 0 fully saturated rings. The molecule has 90 valence electrons. The van der Waals surface area contributed by atoms with Crippen LogP contribution in [0.1, 0.15) is 37.3 Å². The molecule has 1 aromatic rings. The van der Waals surface area contributed by atoms with Gasteiger partial charge in [-0.3, -0.25) is 0 Å². The maximum atomic E-state index is 3.54. The molecule has 0 heterocycles. The van der Waals surface area contributed by atoms with Crippen LogP contribution >= 0.6 is 15.9 Å². The van der Waals surface area contributed by atoms with E-state index in [0.29, 0.717) is 11.8 Å². The SMILES string of the molecule is CCCc1ccc(C2C=CC(Br)=CC2C)cc1. The van der Waals surface area contributed by atoms with Gasteiger partial charge in [0.25, 0.3) is 0 Å². The lowest BCUT2D eigenvalue weighted by Crippen LogP contribution is -2.08. The molecule has 1 heteroatoms. The first-order valence-electron chi connectivity index (χ1n) is 6.35. The zero-order chi connectivity index (χ0) is 12.3. The van der Waals surface area contributed by atoms with Crippen LogP contribution in [0.2, 0.25) is 0 Å². The third kappa shape index (κ3) is 3.10. The molecular formula is C16H19Br. The summed E-state index contributed by atoms with van der Waals surface area (Å²) >= 11 is 3.54. The summed E-state index contributed by atoms with van der Waals surface area (Å²) in [5.74, 6) is 1.08. The Bertz CT molecular complexity index is 425. The summed E-state index contributed by atoms with van der Waals surface area (Å²) in [7, 11) is 0. The highest BCUT2D eigenvalue weighted by atomic mass is 79.9. The van der Waals surface area contributed by atoms with Crippen LogP contribution in [-0.4, -0.2) is 0 Å². The van der Waals surface area contributed by atoms with Crippen molar-refractivity contribution in [3.8, 4) is 0 Å². The molecule has 0 aliphatic heterocycles. The number of halogens is 1. The van der Waals surface area contributed by atoms with Gasteiger partial charge in [-0.1, -0.05) is 78.7 Å². The minimum atomic E-state index is 0.520. The maximum absolute atomic E-state index is 3.54. The zero-order valence-electron chi connectivity index (χ0n) is 10.5. The quantitative estimate of drug-likeness (QED) is 0.717. The van der Waals surface area contributed by atoms with Crippen molar-refractivity contribution in [2.45, 2.75) is 32.6 Å². The van der Waals surface area contributed by atoms with Crippen molar-refractivity contribution in [2.75, 3.05) is 0 Å². The fourth-order valence-corrected chi connectivity index (χ4v) is 2.96. The van der Waals surface area contributed by atoms with E-state index < -0.39 is 0 Å². The van der Waals surface area contributed by atoms with Crippen molar-refractivity contribution >= 4 is 15.9 Å². The largest absolute Gasteiger partial charge is 0.0753 e. The molecule has 1 aliphatic rings. The lowest BCUT2D eigenvalue weighted by Gasteiger charge is -2.22. The summed E-state index contributed by atoms with van der Waals surface area (Å²) in [6.45, 7) is 4.50. The van der Waals surface area contributed by atoms with Crippen molar-refractivity contribution in [1.82, 2.24) is 0 Å². The topological polar surface area (TPSA) is 0 Å². The van der Waals surface area contributed by atoms with Crippen LogP contribution < -0.4 is 0 Å². The number of aryl methyl sites for hydroxylation is 1. The third-order valence-corrected chi connectivity index (χ3v) is 3.88. The van der Waals surface area contributed by atoms with Crippen LogP contribution in [0.25, 0.3) is 0 Å². The van der Waals surface area contributed by atoms with Gasteiger partial charge in [0.1, 0.15) is 0 Å². The van der Waals surface area contributed by atoms with Crippen LogP contribution in [0.15, 0.2) is 47.0 Å². The van der Waals surface area contributed by atoms with E-state index in [1.54, 1.807) is 0 Å². The third-order valence-electron chi connectivity index (χ3n) is 3.35. The van der Waals surface area contributed by atoms with E-state index in [1.165, 1.54) is 28.5 Å². The lowest BCUT2D eigenvalue weighted by atomic mass is 9.84. The molecule has 0 nitrogen and oxygen atoms in total. The molecule has 0 amide bonds. The lowest BCUT2D eigenvalue weighted by molar-refractivity contribution is 0.634. The molecule has 0 spiro atoms. The molecular weight excluding hydrogens is 272 g/mol. The molecule has 1 aromatic carbocycles. The van der Waals surface area contributed by atoms with Crippen LogP contribution in [0.3, 0.4) is 0 Å². The molecule has 0 radical (unpaired) electrons. The number of rotatable bonds is 3. The Morgan fingerprint density at radius 3 is 2.47 bits per heavy atom. The van der Waals surface area contributed by atoms with Gasteiger partial charge in [0.2, 0.25) is 0 Å². The fraction of sp³-hybridized carbons (Fsp3) is 0.375. The van der Waals surface area contributed by atoms with Gasteiger partial charge in [-0.25, -0.2) is 0 Å². The van der Waals surface area contributed by atoms with Gasteiger partial charge in [-0.2, -0.15) is 0 Å². The second-order valence-electron chi connectivity index (χ2n) is 4.79. The van der Waals surface area contributed by atoms with Crippen LogP contribution in [0.5, 0.6) is 0 Å². The van der Waals surface area contributed by atoms with Gasteiger partial charge >= 0.3 is 0 Å². The van der Waals surface area contributed by atoms with E-state index in [2.05, 4.69) is 72.3 Å². The number of hydrogen-bond donors (Lipinski definition) is 0. The summed E-state index contributed by atoms with van der Waals surface area (Å²) in [5.41, 5.74) is 2.87. The average molecular weight is 291 g/mol. The second kappa shape index (κ2) is 5.68. The first-order valence-corrected chi connectivity index (χ1v) is 7.14. The van der Waals surface area contributed by atoms with E-state index in [4.69, 9.17) is 0 Å². The monoisotopic (exact) mass is 290 g/mol. The molecule has 0 aromatic heterocycles. The minimum Gasteiger partial charge on any atom is -0.0753 e. The number of allylic oxidation sites excluding steroid dienone is 4. The second-order valence-corrected chi connectivity index (χ2v) is 5.70.